The van der Waals surface area contributed by atoms with Gasteiger partial charge >= 0.3 is 5.69 Å². The molecule has 0 radical (unpaired) electrons. The third-order valence-corrected chi connectivity index (χ3v) is 4.01. The first-order valence-electron chi connectivity index (χ1n) is 7.99. The van der Waals surface area contributed by atoms with E-state index in [9.17, 15) is 9.59 Å². The molecule has 2 heterocycles. The van der Waals surface area contributed by atoms with E-state index in [1.165, 1.54) is 7.05 Å². The molecule has 0 aliphatic carbocycles. The van der Waals surface area contributed by atoms with Crippen LogP contribution >= 0.6 is 0 Å². The van der Waals surface area contributed by atoms with Crippen LogP contribution in [0.1, 0.15) is 22.3 Å². The summed E-state index contributed by atoms with van der Waals surface area (Å²) in [6, 6.07) is 11.9. The Morgan fingerprint density at radius 2 is 1.76 bits per heavy atom. The van der Waals surface area contributed by atoms with Crippen LogP contribution in [0.3, 0.4) is 0 Å². The van der Waals surface area contributed by atoms with Gasteiger partial charge in [-0.15, -0.1) is 0 Å². The van der Waals surface area contributed by atoms with E-state index >= 15 is 0 Å². The molecule has 0 bridgehead atoms. The Hall–Kier alpha value is -3.21. The van der Waals surface area contributed by atoms with E-state index in [0.29, 0.717) is 12.1 Å². The van der Waals surface area contributed by atoms with Gasteiger partial charge in [-0.1, -0.05) is 42.5 Å². The van der Waals surface area contributed by atoms with E-state index < -0.39 is 0 Å². The fourth-order valence-electron chi connectivity index (χ4n) is 2.60. The Morgan fingerprint density at radius 3 is 2.44 bits per heavy atom. The van der Waals surface area contributed by atoms with Crippen LogP contribution in [-0.4, -0.2) is 14.1 Å². The predicted octanol–water partition coefficient (Wildman–Crippen LogP) is 2.47. The first-order chi connectivity index (χ1) is 12.0. The molecule has 25 heavy (non-hydrogen) atoms. The summed E-state index contributed by atoms with van der Waals surface area (Å²) in [6.07, 6.45) is 9.18. The van der Waals surface area contributed by atoms with Gasteiger partial charge in [-0.2, -0.15) is 0 Å². The number of rotatable bonds is 4. The van der Waals surface area contributed by atoms with Crippen molar-refractivity contribution in [3.63, 3.8) is 0 Å². The minimum atomic E-state index is -0.309. The highest BCUT2D eigenvalue weighted by molar-refractivity contribution is 5.69. The Morgan fingerprint density at radius 1 is 1.04 bits per heavy atom. The van der Waals surface area contributed by atoms with Gasteiger partial charge in [-0.05, 0) is 29.7 Å². The van der Waals surface area contributed by atoms with E-state index in [2.05, 4.69) is 4.98 Å². The van der Waals surface area contributed by atoms with E-state index in [1.54, 1.807) is 30.1 Å². The second kappa shape index (κ2) is 7.13. The van der Waals surface area contributed by atoms with Gasteiger partial charge in [0.25, 0.3) is 5.56 Å². The van der Waals surface area contributed by atoms with Crippen LogP contribution in [-0.2, 0) is 13.6 Å². The summed E-state index contributed by atoms with van der Waals surface area (Å²) in [6.45, 7) is 2.14. The Bertz CT molecular complexity index is 1010. The minimum absolute atomic E-state index is 0.253. The zero-order chi connectivity index (χ0) is 17.8. The first-order valence-corrected chi connectivity index (χ1v) is 7.99. The summed E-state index contributed by atoms with van der Waals surface area (Å²) in [4.78, 5) is 28.0. The van der Waals surface area contributed by atoms with Gasteiger partial charge in [-0.25, -0.2) is 4.79 Å². The molecule has 0 spiro atoms. The number of aromatic nitrogens is 3. The minimum Gasteiger partial charge on any atom is -0.296 e. The van der Waals surface area contributed by atoms with Crippen molar-refractivity contribution in [2.75, 3.05) is 0 Å². The predicted molar refractivity (Wildman–Crippen MR) is 99.4 cm³/mol. The lowest BCUT2D eigenvalue weighted by Gasteiger charge is -2.09. The van der Waals surface area contributed by atoms with Crippen LogP contribution in [0.15, 0.2) is 64.6 Å². The Balaban J connectivity index is 1.79. The van der Waals surface area contributed by atoms with E-state index in [-0.39, 0.29) is 11.2 Å². The van der Waals surface area contributed by atoms with Gasteiger partial charge in [0, 0.05) is 31.2 Å². The lowest BCUT2D eigenvalue weighted by atomic mass is 10.1. The van der Waals surface area contributed by atoms with Crippen LogP contribution in [0.5, 0.6) is 0 Å². The van der Waals surface area contributed by atoms with Gasteiger partial charge in [-0.3, -0.25) is 18.9 Å². The smallest absolute Gasteiger partial charge is 0.296 e. The van der Waals surface area contributed by atoms with Gasteiger partial charge in [0.05, 0.1) is 6.54 Å². The summed E-state index contributed by atoms with van der Waals surface area (Å²) in [5.74, 6) is 0. The molecule has 0 aliphatic rings. The number of pyridine rings is 1. The normalized spacial score (nSPS) is 11.1. The molecule has 126 valence electrons. The number of nitrogens with zero attached hydrogens (tertiary/aromatic N) is 3. The SMILES string of the molecule is Cc1cn(Cc2ccc(/C=C/c3cccnc3)cc2)c(=O)n(C)c1=O. The molecule has 5 nitrogen and oxygen atoms in total. The number of aryl methyl sites for hydroxylation is 1. The molecule has 0 unspecified atom stereocenters. The highest BCUT2D eigenvalue weighted by Gasteiger charge is 2.05. The zero-order valence-electron chi connectivity index (χ0n) is 14.2. The van der Waals surface area contributed by atoms with Gasteiger partial charge in [0.1, 0.15) is 0 Å². The molecule has 1 aromatic carbocycles. The van der Waals surface area contributed by atoms with Crippen LogP contribution in [0.4, 0.5) is 0 Å². The van der Waals surface area contributed by atoms with E-state index in [1.807, 2.05) is 48.6 Å². The van der Waals surface area contributed by atoms with Crippen LogP contribution in [0, 0.1) is 6.92 Å². The average Bonchev–Trinajstić information content (AvgIpc) is 2.64. The van der Waals surface area contributed by atoms with E-state index in [0.717, 1.165) is 21.3 Å². The summed E-state index contributed by atoms with van der Waals surface area (Å²) < 4.78 is 2.69. The highest BCUT2D eigenvalue weighted by Crippen LogP contribution is 2.10. The fourth-order valence-corrected chi connectivity index (χ4v) is 2.60. The second-order valence-corrected chi connectivity index (χ2v) is 5.95. The van der Waals surface area contributed by atoms with Gasteiger partial charge < -0.3 is 0 Å². The Kier molecular flexibility index (Phi) is 4.75. The third-order valence-electron chi connectivity index (χ3n) is 4.01. The maximum Gasteiger partial charge on any atom is 0.331 e. The first kappa shape index (κ1) is 16.6. The van der Waals surface area contributed by atoms with Crippen molar-refractivity contribution in [3.8, 4) is 0 Å². The molecular weight excluding hydrogens is 314 g/mol. The molecule has 0 N–H and O–H groups in total. The van der Waals surface area contributed by atoms with Crippen molar-refractivity contribution >= 4 is 12.2 Å². The molecule has 0 amide bonds. The summed E-state index contributed by atoms with van der Waals surface area (Å²) in [7, 11) is 1.50. The van der Waals surface area contributed by atoms with Crippen molar-refractivity contribution in [3.05, 3.63) is 98.1 Å². The topological polar surface area (TPSA) is 56.9 Å². The molecule has 0 aliphatic heterocycles. The second-order valence-electron chi connectivity index (χ2n) is 5.95. The Labute approximate surface area is 145 Å². The molecule has 3 aromatic rings. The van der Waals surface area contributed by atoms with Crippen LogP contribution in [0.25, 0.3) is 12.2 Å². The molecule has 0 atom stereocenters. The van der Waals surface area contributed by atoms with Crippen LogP contribution in [0.2, 0.25) is 0 Å². The number of hydrogen-bond acceptors (Lipinski definition) is 3. The van der Waals surface area contributed by atoms with Crippen molar-refractivity contribution in [2.45, 2.75) is 13.5 Å². The van der Waals surface area contributed by atoms with Crippen molar-refractivity contribution in [1.82, 2.24) is 14.1 Å². The van der Waals surface area contributed by atoms with Gasteiger partial charge in [0.15, 0.2) is 0 Å². The summed E-state index contributed by atoms with van der Waals surface area (Å²) >= 11 is 0. The van der Waals surface area contributed by atoms with Crippen molar-refractivity contribution < 1.29 is 0 Å². The lowest BCUT2D eigenvalue weighted by molar-refractivity contribution is 0.638. The third kappa shape index (κ3) is 3.83. The average molecular weight is 333 g/mol. The molecule has 5 heteroatoms. The summed E-state index contributed by atoms with van der Waals surface area (Å²) in [5, 5.41) is 0. The highest BCUT2D eigenvalue weighted by atomic mass is 16.2. The molecular formula is C20H19N3O2. The largest absolute Gasteiger partial charge is 0.331 e. The molecule has 0 saturated carbocycles. The fraction of sp³-hybridized carbons (Fsp3) is 0.150. The zero-order valence-corrected chi connectivity index (χ0v) is 14.2. The maximum atomic E-state index is 12.2. The molecule has 0 fully saturated rings. The van der Waals surface area contributed by atoms with Crippen LogP contribution < -0.4 is 11.2 Å². The monoisotopic (exact) mass is 333 g/mol. The standard InChI is InChI=1S/C20H19N3O2/c1-15-13-23(20(25)22(2)19(15)24)14-18-9-6-16(7-10-18)5-8-17-4-3-11-21-12-17/h3-13H,14H2,1-2H3/b8-5+. The quantitative estimate of drug-likeness (QED) is 0.737. The van der Waals surface area contributed by atoms with Crippen molar-refractivity contribution in [1.29, 1.82) is 0 Å². The molecule has 2 aromatic heterocycles. The lowest BCUT2D eigenvalue weighted by Crippen LogP contribution is -2.38. The summed E-state index contributed by atoms with van der Waals surface area (Å²) in [5.41, 5.74) is 3.10. The maximum absolute atomic E-state index is 12.2. The number of hydrogen-bond donors (Lipinski definition) is 0. The van der Waals surface area contributed by atoms with E-state index in [4.69, 9.17) is 0 Å². The molecule has 3 rings (SSSR count). The van der Waals surface area contributed by atoms with Crippen molar-refractivity contribution in [2.24, 2.45) is 7.05 Å². The molecule has 0 saturated heterocycles. The van der Waals surface area contributed by atoms with Gasteiger partial charge in [0.2, 0.25) is 0 Å². The number of benzene rings is 1.